The highest BCUT2D eigenvalue weighted by molar-refractivity contribution is 5.96. The first kappa shape index (κ1) is 36.4. The van der Waals surface area contributed by atoms with Gasteiger partial charge in [-0.3, -0.25) is 19.5 Å². The highest BCUT2D eigenvalue weighted by Crippen LogP contribution is 2.39. The number of pyridine rings is 1. The van der Waals surface area contributed by atoms with Crippen LogP contribution in [0.15, 0.2) is 60.7 Å². The molecule has 2 amide bonds. The van der Waals surface area contributed by atoms with Crippen LogP contribution in [0.25, 0.3) is 10.9 Å². The Kier molecular flexibility index (Phi) is 11.2. The van der Waals surface area contributed by atoms with Crippen LogP contribution < -0.4 is 44.4 Å². The Hall–Kier alpha value is -4.98. The summed E-state index contributed by atoms with van der Waals surface area (Å²) in [7, 11) is 0. The molecule has 280 valence electrons. The number of rotatable bonds is 6. The zero-order valence-electron chi connectivity index (χ0n) is 29.6. The SMILES string of the molecule is Cc1ccc2c3c(ccc2n1)OC[C@H](CN1CCC(Oc2ccc4c(c2)NC(=O)CO4)CC1)O3.Cl.O=C1COc2ccc(OC3CCNCC3)cc2N1. The molecule has 0 bridgehead atoms. The van der Waals surface area contributed by atoms with Gasteiger partial charge in [0, 0.05) is 42.8 Å². The maximum Gasteiger partial charge on any atom is 0.262 e. The summed E-state index contributed by atoms with van der Waals surface area (Å²) in [5, 5.41) is 9.90. The van der Waals surface area contributed by atoms with Gasteiger partial charge in [0.25, 0.3) is 11.8 Å². The number of fused-ring (bicyclic) bond motifs is 5. The van der Waals surface area contributed by atoms with Crippen LogP contribution in [-0.4, -0.2) is 92.6 Å². The van der Waals surface area contributed by atoms with E-state index in [1.807, 2.05) is 61.5 Å². The number of benzene rings is 3. The van der Waals surface area contributed by atoms with Crippen LogP contribution in [0.2, 0.25) is 0 Å². The minimum Gasteiger partial charge on any atom is -0.490 e. The lowest BCUT2D eigenvalue weighted by molar-refractivity contribution is -0.119. The maximum atomic E-state index is 11.6. The first-order chi connectivity index (χ1) is 25.4. The van der Waals surface area contributed by atoms with Crippen LogP contribution in [-0.2, 0) is 9.59 Å². The van der Waals surface area contributed by atoms with Crippen LogP contribution in [0.5, 0.6) is 34.5 Å². The van der Waals surface area contributed by atoms with Crippen molar-refractivity contribution in [3.8, 4) is 34.5 Å². The Bertz CT molecular complexity index is 1950. The molecule has 5 aliphatic rings. The Balaban J connectivity index is 0.000000194. The normalized spacial score (nSPS) is 19.8. The molecule has 1 aromatic heterocycles. The predicted molar refractivity (Wildman–Crippen MR) is 201 cm³/mol. The molecule has 0 aliphatic carbocycles. The molecule has 3 N–H and O–H groups in total. The number of likely N-dealkylation sites (tertiary alicyclic amines) is 1. The number of anilines is 2. The summed E-state index contributed by atoms with van der Waals surface area (Å²) in [6, 6.07) is 19.1. The van der Waals surface area contributed by atoms with Gasteiger partial charge in [-0.1, -0.05) is 0 Å². The molecule has 2 fully saturated rings. The summed E-state index contributed by atoms with van der Waals surface area (Å²) in [6.45, 7) is 7.33. The third kappa shape index (κ3) is 8.81. The molecule has 53 heavy (non-hydrogen) atoms. The number of amides is 2. The van der Waals surface area contributed by atoms with Crippen molar-refractivity contribution in [2.75, 3.05) is 63.2 Å². The third-order valence-electron chi connectivity index (χ3n) is 9.69. The number of hydrogen-bond donors (Lipinski definition) is 3. The van der Waals surface area contributed by atoms with E-state index in [1.54, 1.807) is 0 Å². The zero-order chi connectivity index (χ0) is 35.4. The first-order valence-electron chi connectivity index (χ1n) is 18.0. The molecule has 2 saturated heterocycles. The Morgan fingerprint density at radius 1 is 0.755 bits per heavy atom. The van der Waals surface area contributed by atoms with E-state index in [1.165, 1.54) is 0 Å². The Morgan fingerprint density at radius 3 is 2.00 bits per heavy atom. The van der Waals surface area contributed by atoms with E-state index in [4.69, 9.17) is 28.4 Å². The smallest absolute Gasteiger partial charge is 0.262 e. The van der Waals surface area contributed by atoms with Crippen LogP contribution >= 0.6 is 12.4 Å². The second-order valence-electron chi connectivity index (χ2n) is 13.6. The molecular weight excluding hydrogens is 702 g/mol. The number of hydrogen-bond acceptors (Lipinski definition) is 11. The standard InChI is InChI=1S/C26H27N3O5.C13H16N2O3.ClH/c1-16-2-4-20-21(27-16)5-7-24-26(20)34-19(14-31-24)13-29-10-8-17(9-11-29)33-18-3-6-23-22(12-18)28-25(30)15-32-23;16-13-8-17-12-2-1-10(7-11(12)15-13)18-9-3-5-14-6-4-9;/h2-7,12,17,19H,8-11,13-15H2,1H3,(H,28,30);1-2,7,9,14H,3-6,8H2,(H,15,16);1H/t19-;;/m0../s1. The summed E-state index contributed by atoms with van der Waals surface area (Å²) in [5.74, 6) is 4.22. The Labute approximate surface area is 314 Å². The molecule has 5 aliphatic heterocycles. The fraction of sp³-hybridized carbons (Fsp3) is 0.410. The largest absolute Gasteiger partial charge is 0.490 e. The van der Waals surface area contributed by atoms with E-state index >= 15 is 0 Å². The molecule has 0 radical (unpaired) electrons. The molecule has 3 aromatic carbocycles. The average Bonchev–Trinajstić information content (AvgIpc) is 3.16. The molecule has 14 heteroatoms. The summed E-state index contributed by atoms with van der Waals surface area (Å²) in [4.78, 5) is 29.8. The van der Waals surface area contributed by atoms with Gasteiger partial charge in [-0.15, -0.1) is 12.4 Å². The lowest BCUT2D eigenvalue weighted by Gasteiger charge is -2.36. The van der Waals surface area contributed by atoms with E-state index in [-0.39, 0.29) is 55.7 Å². The van der Waals surface area contributed by atoms with E-state index in [2.05, 4.69) is 31.9 Å². The number of aryl methyl sites for hydroxylation is 1. The molecule has 0 spiro atoms. The van der Waals surface area contributed by atoms with Crippen LogP contribution in [0.1, 0.15) is 31.4 Å². The topological polar surface area (TPSA) is 142 Å². The number of ether oxygens (including phenoxy) is 6. The number of carbonyl (C=O) groups is 2. The first-order valence-corrected chi connectivity index (χ1v) is 18.0. The van der Waals surface area contributed by atoms with Gasteiger partial charge in [-0.25, -0.2) is 0 Å². The highest BCUT2D eigenvalue weighted by Gasteiger charge is 2.28. The van der Waals surface area contributed by atoms with E-state index < -0.39 is 0 Å². The van der Waals surface area contributed by atoms with Crippen molar-refractivity contribution in [2.24, 2.45) is 0 Å². The molecule has 1 atom stereocenters. The summed E-state index contributed by atoms with van der Waals surface area (Å²) < 4.78 is 35.2. The summed E-state index contributed by atoms with van der Waals surface area (Å²) in [6.07, 6.45) is 4.24. The van der Waals surface area contributed by atoms with Crippen molar-refractivity contribution < 1.29 is 38.0 Å². The second kappa shape index (κ2) is 16.4. The van der Waals surface area contributed by atoms with Crippen molar-refractivity contribution in [2.45, 2.75) is 50.9 Å². The van der Waals surface area contributed by atoms with Crippen LogP contribution in [0, 0.1) is 6.92 Å². The van der Waals surface area contributed by atoms with E-state index in [0.29, 0.717) is 29.5 Å². The number of carbonyl (C=O) groups excluding carboxylic acids is 2. The van der Waals surface area contributed by atoms with Gasteiger partial charge >= 0.3 is 0 Å². The van der Waals surface area contributed by atoms with Gasteiger partial charge in [0.2, 0.25) is 0 Å². The molecule has 0 saturated carbocycles. The fourth-order valence-corrected chi connectivity index (χ4v) is 7.03. The third-order valence-corrected chi connectivity index (χ3v) is 9.69. The number of nitrogens with zero attached hydrogens (tertiary/aromatic N) is 2. The van der Waals surface area contributed by atoms with Crippen molar-refractivity contribution in [1.82, 2.24) is 15.2 Å². The quantitative estimate of drug-likeness (QED) is 0.242. The minimum absolute atomic E-state index is 0. The number of aromatic nitrogens is 1. The van der Waals surface area contributed by atoms with Crippen molar-refractivity contribution in [3.63, 3.8) is 0 Å². The lowest BCUT2D eigenvalue weighted by atomic mass is 10.1. The molecule has 6 heterocycles. The second-order valence-corrected chi connectivity index (χ2v) is 13.6. The molecule has 9 rings (SSSR count). The average molecular weight is 746 g/mol. The lowest BCUT2D eigenvalue weighted by Crippen LogP contribution is -2.45. The van der Waals surface area contributed by atoms with E-state index in [0.717, 1.165) is 98.0 Å². The van der Waals surface area contributed by atoms with Crippen molar-refractivity contribution >= 4 is 46.5 Å². The molecule has 4 aromatic rings. The number of piperidine rings is 2. The van der Waals surface area contributed by atoms with Crippen LogP contribution in [0.3, 0.4) is 0 Å². The van der Waals surface area contributed by atoms with Crippen molar-refractivity contribution in [3.05, 3.63) is 66.4 Å². The fourth-order valence-electron chi connectivity index (χ4n) is 7.03. The number of halogens is 1. The van der Waals surface area contributed by atoms with Gasteiger partial charge in [0.15, 0.2) is 24.7 Å². The van der Waals surface area contributed by atoms with Gasteiger partial charge in [0.05, 0.1) is 16.9 Å². The molecule has 0 unspecified atom stereocenters. The highest BCUT2D eigenvalue weighted by atomic mass is 35.5. The number of nitrogens with one attached hydrogen (secondary N) is 3. The predicted octanol–water partition coefficient (Wildman–Crippen LogP) is 5.13. The van der Waals surface area contributed by atoms with Gasteiger partial charge in [-0.2, -0.15) is 0 Å². The van der Waals surface area contributed by atoms with Crippen LogP contribution in [0.4, 0.5) is 11.4 Å². The Morgan fingerprint density at radius 2 is 1.36 bits per heavy atom. The van der Waals surface area contributed by atoms with Gasteiger partial charge in [0.1, 0.15) is 47.9 Å². The van der Waals surface area contributed by atoms with E-state index in [9.17, 15) is 9.59 Å². The maximum absolute atomic E-state index is 11.6. The summed E-state index contributed by atoms with van der Waals surface area (Å²) in [5.41, 5.74) is 3.27. The van der Waals surface area contributed by atoms with Crippen molar-refractivity contribution in [1.29, 1.82) is 0 Å². The van der Waals surface area contributed by atoms with Gasteiger partial charge in [-0.05, 0) is 94.2 Å². The molecule has 13 nitrogen and oxygen atoms in total. The molecular formula is C39H44ClN5O8. The summed E-state index contributed by atoms with van der Waals surface area (Å²) >= 11 is 0. The van der Waals surface area contributed by atoms with Gasteiger partial charge < -0.3 is 44.4 Å². The zero-order valence-corrected chi connectivity index (χ0v) is 30.4. The minimum atomic E-state index is -0.145. The monoisotopic (exact) mass is 745 g/mol.